The maximum Gasteiger partial charge on any atom is 0.191 e. The summed E-state index contributed by atoms with van der Waals surface area (Å²) in [5, 5.41) is 6.85. The zero-order valence-corrected chi connectivity index (χ0v) is 18.7. The Bertz CT molecular complexity index is 809. The summed E-state index contributed by atoms with van der Waals surface area (Å²) in [5.74, 6) is 2.22. The van der Waals surface area contributed by atoms with Crippen LogP contribution in [0.15, 0.2) is 59.6 Å². The number of rotatable bonds is 9. The van der Waals surface area contributed by atoms with Crippen LogP contribution in [0, 0.1) is 0 Å². The van der Waals surface area contributed by atoms with Crippen molar-refractivity contribution in [3.63, 3.8) is 0 Å². The number of methoxy groups -OCH3 is 1. The number of hydrogen-bond acceptors (Lipinski definition) is 5. The van der Waals surface area contributed by atoms with Gasteiger partial charge in [0, 0.05) is 26.7 Å². The minimum absolute atomic E-state index is 0.0565. The molecule has 2 atom stereocenters. The molecule has 1 aliphatic heterocycles. The van der Waals surface area contributed by atoms with E-state index in [0.717, 1.165) is 50.3 Å². The monoisotopic (exact) mass is 426 g/mol. The van der Waals surface area contributed by atoms with E-state index in [2.05, 4.69) is 50.9 Å². The first-order chi connectivity index (χ1) is 15.2. The number of nitrogens with zero attached hydrogens (tertiary/aromatic N) is 2. The Hall–Kier alpha value is -2.77. The molecule has 31 heavy (non-hydrogen) atoms. The van der Waals surface area contributed by atoms with Crippen molar-refractivity contribution in [1.82, 2.24) is 15.5 Å². The highest BCUT2D eigenvalue weighted by atomic mass is 16.5. The number of guanidine groups is 1. The fraction of sp³-hybridized carbons (Fsp3) is 0.458. The lowest BCUT2D eigenvalue weighted by molar-refractivity contribution is 0.0170. The van der Waals surface area contributed by atoms with Crippen molar-refractivity contribution in [1.29, 1.82) is 0 Å². The van der Waals surface area contributed by atoms with Crippen molar-refractivity contribution in [3.8, 4) is 11.5 Å². The van der Waals surface area contributed by atoms with E-state index < -0.39 is 0 Å². The molecule has 0 aromatic heterocycles. The van der Waals surface area contributed by atoms with Crippen LogP contribution in [0.1, 0.15) is 18.5 Å². The molecule has 1 aliphatic rings. The fourth-order valence-electron chi connectivity index (χ4n) is 3.65. The van der Waals surface area contributed by atoms with Crippen LogP contribution in [-0.2, 0) is 4.74 Å². The van der Waals surface area contributed by atoms with Gasteiger partial charge in [-0.15, -0.1) is 0 Å². The lowest BCUT2D eigenvalue weighted by Crippen LogP contribution is -2.47. The first kappa shape index (κ1) is 22.9. The number of nitrogens with one attached hydrogen (secondary N) is 2. The van der Waals surface area contributed by atoms with Crippen molar-refractivity contribution in [2.75, 3.05) is 53.6 Å². The first-order valence-electron chi connectivity index (χ1n) is 10.8. The van der Waals surface area contributed by atoms with E-state index in [1.807, 2.05) is 31.2 Å². The Balaban J connectivity index is 1.54. The zero-order valence-electron chi connectivity index (χ0n) is 18.7. The van der Waals surface area contributed by atoms with Gasteiger partial charge in [0.15, 0.2) is 17.5 Å². The normalized spacial score (nSPS) is 16.9. The molecule has 7 heteroatoms. The van der Waals surface area contributed by atoms with Gasteiger partial charge >= 0.3 is 0 Å². The predicted molar refractivity (Wildman–Crippen MR) is 124 cm³/mol. The molecule has 0 aliphatic carbocycles. The molecule has 0 saturated carbocycles. The minimum Gasteiger partial charge on any atom is -0.493 e. The molecular weight excluding hydrogens is 392 g/mol. The molecule has 2 unspecified atom stereocenters. The summed E-state index contributed by atoms with van der Waals surface area (Å²) in [7, 11) is 3.43. The summed E-state index contributed by atoms with van der Waals surface area (Å²) >= 11 is 0. The van der Waals surface area contributed by atoms with Crippen LogP contribution in [0.4, 0.5) is 0 Å². The molecule has 1 saturated heterocycles. The number of morpholine rings is 1. The summed E-state index contributed by atoms with van der Waals surface area (Å²) in [4.78, 5) is 6.85. The fourth-order valence-corrected chi connectivity index (χ4v) is 3.65. The third kappa shape index (κ3) is 6.87. The molecule has 7 nitrogen and oxygen atoms in total. The Morgan fingerprint density at radius 2 is 1.65 bits per heavy atom. The van der Waals surface area contributed by atoms with Gasteiger partial charge in [0.2, 0.25) is 0 Å². The minimum atomic E-state index is -0.0565. The smallest absolute Gasteiger partial charge is 0.191 e. The van der Waals surface area contributed by atoms with E-state index in [0.29, 0.717) is 6.54 Å². The summed E-state index contributed by atoms with van der Waals surface area (Å²) < 4.78 is 16.9. The zero-order chi connectivity index (χ0) is 21.9. The van der Waals surface area contributed by atoms with Crippen LogP contribution in [-0.4, -0.2) is 70.5 Å². The number of aliphatic imine (C=N–C) groups is 1. The molecule has 2 aromatic rings. The number of ether oxygens (including phenoxy) is 3. The van der Waals surface area contributed by atoms with Crippen LogP contribution < -0.4 is 20.1 Å². The third-order valence-electron chi connectivity index (χ3n) is 5.31. The average Bonchev–Trinajstić information content (AvgIpc) is 2.83. The largest absolute Gasteiger partial charge is 0.493 e. The van der Waals surface area contributed by atoms with Gasteiger partial charge in [-0.2, -0.15) is 0 Å². The second kappa shape index (κ2) is 12.2. The summed E-state index contributed by atoms with van der Waals surface area (Å²) in [6.07, 6.45) is -0.0565. The number of para-hydroxylation sites is 2. The first-order valence-corrected chi connectivity index (χ1v) is 10.8. The third-order valence-corrected chi connectivity index (χ3v) is 5.31. The lowest BCUT2D eigenvalue weighted by atomic mass is 10.0. The van der Waals surface area contributed by atoms with E-state index in [1.54, 1.807) is 14.2 Å². The molecule has 0 bridgehead atoms. The molecule has 0 radical (unpaired) electrons. The highest BCUT2D eigenvalue weighted by Gasteiger charge is 2.22. The molecule has 2 N–H and O–H groups in total. The van der Waals surface area contributed by atoms with Crippen LogP contribution >= 0.6 is 0 Å². The van der Waals surface area contributed by atoms with Gasteiger partial charge in [-0.1, -0.05) is 42.5 Å². The van der Waals surface area contributed by atoms with Crippen molar-refractivity contribution >= 4 is 5.96 Å². The molecule has 0 amide bonds. The molecule has 1 heterocycles. The van der Waals surface area contributed by atoms with Gasteiger partial charge in [-0.3, -0.25) is 9.89 Å². The Kier molecular flexibility index (Phi) is 8.99. The molecular formula is C24H34N4O3. The molecule has 3 rings (SSSR count). The Labute approximate surface area is 185 Å². The van der Waals surface area contributed by atoms with E-state index in [-0.39, 0.29) is 12.1 Å². The van der Waals surface area contributed by atoms with Gasteiger partial charge in [0.25, 0.3) is 0 Å². The van der Waals surface area contributed by atoms with Crippen LogP contribution in [0.2, 0.25) is 0 Å². The van der Waals surface area contributed by atoms with Crippen LogP contribution in [0.3, 0.4) is 0 Å². The van der Waals surface area contributed by atoms with Crippen LogP contribution in [0.5, 0.6) is 11.5 Å². The van der Waals surface area contributed by atoms with Crippen LogP contribution in [0.25, 0.3) is 0 Å². The Morgan fingerprint density at radius 1 is 1.00 bits per heavy atom. The maximum absolute atomic E-state index is 6.03. The highest BCUT2D eigenvalue weighted by molar-refractivity contribution is 5.79. The topological polar surface area (TPSA) is 67.4 Å². The SMILES string of the molecule is CN=C(NCC(C)Oc1ccccc1OC)NCC(c1ccccc1)N1CCOCC1. The number of benzene rings is 2. The predicted octanol–water partition coefficient (Wildman–Crippen LogP) is 2.70. The van der Waals surface area contributed by atoms with E-state index in [4.69, 9.17) is 14.2 Å². The molecule has 2 aromatic carbocycles. The summed E-state index contributed by atoms with van der Waals surface area (Å²) in [6.45, 7) is 6.79. The quantitative estimate of drug-likeness (QED) is 0.475. The van der Waals surface area contributed by atoms with Gasteiger partial charge in [-0.05, 0) is 24.6 Å². The van der Waals surface area contributed by atoms with Crippen molar-refractivity contribution in [2.45, 2.75) is 19.1 Å². The second-order valence-corrected chi connectivity index (χ2v) is 7.49. The van der Waals surface area contributed by atoms with E-state index >= 15 is 0 Å². The second-order valence-electron chi connectivity index (χ2n) is 7.49. The number of hydrogen-bond donors (Lipinski definition) is 2. The van der Waals surface area contributed by atoms with Crippen molar-refractivity contribution in [3.05, 3.63) is 60.2 Å². The van der Waals surface area contributed by atoms with Gasteiger partial charge in [0.1, 0.15) is 6.10 Å². The molecule has 168 valence electrons. The van der Waals surface area contributed by atoms with Gasteiger partial charge in [0.05, 0.1) is 32.9 Å². The van der Waals surface area contributed by atoms with Gasteiger partial charge in [-0.25, -0.2) is 0 Å². The Morgan fingerprint density at radius 3 is 2.32 bits per heavy atom. The molecule has 1 fully saturated rings. The summed E-state index contributed by atoms with van der Waals surface area (Å²) in [6, 6.07) is 18.5. The summed E-state index contributed by atoms with van der Waals surface area (Å²) in [5.41, 5.74) is 1.29. The lowest BCUT2D eigenvalue weighted by Gasteiger charge is -2.35. The van der Waals surface area contributed by atoms with Gasteiger partial charge < -0.3 is 24.8 Å². The van der Waals surface area contributed by atoms with Crippen molar-refractivity contribution in [2.24, 2.45) is 4.99 Å². The van der Waals surface area contributed by atoms with E-state index in [1.165, 1.54) is 5.56 Å². The van der Waals surface area contributed by atoms with E-state index in [9.17, 15) is 0 Å². The standard InChI is InChI=1S/C24H34N4O3/c1-19(31-23-12-8-7-11-22(23)29-3)17-26-24(25-2)27-18-21(20-9-5-4-6-10-20)28-13-15-30-16-14-28/h4-12,19,21H,13-18H2,1-3H3,(H2,25,26,27). The molecule has 0 spiro atoms. The highest BCUT2D eigenvalue weighted by Crippen LogP contribution is 2.26. The maximum atomic E-state index is 6.03. The average molecular weight is 427 g/mol. The van der Waals surface area contributed by atoms with Crippen molar-refractivity contribution < 1.29 is 14.2 Å².